The van der Waals surface area contributed by atoms with Crippen molar-refractivity contribution in [3.05, 3.63) is 0 Å². The third-order valence-corrected chi connectivity index (χ3v) is 1.74. The standard InChI is InChI=1S/C10H24N4/c1-8(2)6-12-10(13-11)14(5)7-9(3)4/h8-9H,6-7,11H2,1-5H3,(H,12,13). The SMILES string of the molecule is CC(C)CN=C(NN)N(C)CC(C)C. The van der Waals surface area contributed by atoms with Crippen molar-refractivity contribution < 1.29 is 0 Å². The number of guanidine groups is 1. The second-order valence-electron chi connectivity index (χ2n) is 4.48. The number of aliphatic imine (C=N–C) groups is 1. The number of nitrogens with zero attached hydrogens (tertiary/aromatic N) is 2. The highest BCUT2D eigenvalue weighted by Crippen LogP contribution is 1.97. The van der Waals surface area contributed by atoms with Crippen molar-refractivity contribution in [2.45, 2.75) is 27.7 Å². The Labute approximate surface area is 87.5 Å². The van der Waals surface area contributed by atoms with Gasteiger partial charge in [-0.1, -0.05) is 27.7 Å². The highest BCUT2D eigenvalue weighted by molar-refractivity contribution is 5.79. The first-order valence-electron chi connectivity index (χ1n) is 5.19. The molecular weight excluding hydrogens is 176 g/mol. The van der Waals surface area contributed by atoms with Crippen molar-refractivity contribution in [1.29, 1.82) is 0 Å². The molecule has 0 unspecified atom stereocenters. The predicted octanol–water partition coefficient (Wildman–Crippen LogP) is 1.05. The minimum absolute atomic E-state index is 0.561. The van der Waals surface area contributed by atoms with E-state index >= 15 is 0 Å². The van der Waals surface area contributed by atoms with Crippen LogP contribution in [0, 0.1) is 11.8 Å². The second-order valence-corrected chi connectivity index (χ2v) is 4.48. The zero-order valence-corrected chi connectivity index (χ0v) is 10.0. The van der Waals surface area contributed by atoms with E-state index < -0.39 is 0 Å². The van der Waals surface area contributed by atoms with Crippen molar-refractivity contribution in [3.8, 4) is 0 Å². The third kappa shape index (κ3) is 5.80. The number of nitrogens with two attached hydrogens (primary N) is 1. The van der Waals surface area contributed by atoms with Gasteiger partial charge in [-0.15, -0.1) is 0 Å². The number of hydrazine groups is 1. The Bertz CT molecular complexity index is 175. The molecular formula is C10H24N4. The zero-order valence-electron chi connectivity index (χ0n) is 10.0. The molecule has 0 aliphatic carbocycles. The van der Waals surface area contributed by atoms with Gasteiger partial charge in [-0.2, -0.15) is 0 Å². The van der Waals surface area contributed by atoms with Gasteiger partial charge in [0.2, 0.25) is 5.96 Å². The van der Waals surface area contributed by atoms with Crippen LogP contribution >= 0.6 is 0 Å². The summed E-state index contributed by atoms with van der Waals surface area (Å²) in [4.78, 5) is 6.45. The molecule has 84 valence electrons. The molecule has 4 nitrogen and oxygen atoms in total. The van der Waals surface area contributed by atoms with Crippen LogP contribution in [0.25, 0.3) is 0 Å². The summed E-state index contributed by atoms with van der Waals surface area (Å²) in [5.41, 5.74) is 2.64. The van der Waals surface area contributed by atoms with E-state index in [0.717, 1.165) is 19.0 Å². The molecule has 0 radical (unpaired) electrons. The summed E-state index contributed by atoms with van der Waals surface area (Å²) in [5.74, 6) is 7.35. The molecule has 0 aromatic carbocycles. The normalized spacial score (nSPS) is 12.4. The van der Waals surface area contributed by atoms with Crippen LogP contribution in [0.4, 0.5) is 0 Å². The maximum absolute atomic E-state index is 5.41. The molecule has 0 atom stereocenters. The highest BCUT2D eigenvalue weighted by atomic mass is 15.4. The van der Waals surface area contributed by atoms with Crippen LogP contribution in [0.1, 0.15) is 27.7 Å². The minimum atomic E-state index is 0.561. The summed E-state index contributed by atoms with van der Waals surface area (Å²) >= 11 is 0. The molecule has 0 aliphatic heterocycles. The Kier molecular flexibility index (Phi) is 6.28. The van der Waals surface area contributed by atoms with Gasteiger partial charge in [0.05, 0.1) is 0 Å². The minimum Gasteiger partial charge on any atom is -0.345 e. The number of nitrogens with one attached hydrogen (secondary N) is 1. The fourth-order valence-corrected chi connectivity index (χ4v) is 1.18. The van der Waals surface area contributed by atoms with Crippen molar-refractivity contribution in [2.24, 2.45) is 22.7 Å². The topological polar surface area (TPSA) is 53.6 Å². The van der Waals surface area contributed by atoms with Crippen LogP contribution in [0.15, 0.2) is 4.99 Å². The fraction of sp³-hybridized carbons (Fsp3) is 0.900. The first-order valence-corrected chi connectivity index (χ1v) is 5.19. The van der Waals surface area contributed by atoms with Crippen LogP contribution in [-0.2, 0) is 0 Å². The van der Waals surface area contributed by atoms with E-state index in [2.05, 4.69) is 38.1 Å². The van der Waals surface area contributed by atoms with Crippen LogP contribution in [0.2, 0.25) is 0 Å². The van der Waals surface area contributed by atoms with Gasteiger partial charge in [0.25, 0.3) is 0 Å². The van der Waals surface area contributed by atoms with Gasteiger partial charge < -0.3 is 4.90 Å². The molecule has 14 heavy (non-hydrogen) atoms. The van der Waals surface area contributed by atoms with Gasteiger partial charge in [0.15, 0.2) is 0 Å². The van der Waals surface area contributed by atoms with E-state index in [1.807, 2.05) is 11.9 Å². The fourth-order valence-electron chi connectivity index (χ4n) is 1.18. The summed E-state index contributed by atoms with van der Waals surface area (Å²) < 4.78 is 0. The van der Waals surface area contributed by atoms with Crippen molar-refractivity contribution in [3.63, 3.8) is 0 Å². The van der Waals surface area contributed by atoms with Crippen LogP contribution in [0.3, 0.4) is 0 Å². The van der Waals surface area contributed by atoms with Crippen LogP contribution in [0.5, 0.6) is 0 Å². The zero-order chi connectivity index (χ0) is 11.1. The molecule has 0 aromatic rings. The third-order valence-electron chi connectivity index (χ3n) is 1.74. The summed E-state index contributed by atoms with van der Waals surface area (Å²) in [6.07, 6.45) is 0. The van der Waals surface area contributed by atoms with Gasteiger partial charge in [0.1, 0.15) is 0 Å². The molecule has 0 heterocycles. The molecule has 0 fully saturated rings. The first kappa shape index (κ1) is 13.2. The van der Waals surface area contributed by atoms with E-state index in [1.165, 1.54) is 0 Å². The van der Waals surface area contributed by atoms with Gasteiger partial charge in [-0.25, -0.2) is 5.84 Å². The molecule has 3 N–H and O–H groups in total. The molecule has 0 spiro atoms. The molecule has 0 bridgehead atoms. The van der Waals surface area contributed by atoms with Gasteiger partial charge >= 0.3 is 0 Å². The second kappa shape index (κ2) is 6.65. The van der Waals surface area contributed by atoms with Crippen molar-refractivity contribution >= 4 is 5.96 Å². The smallest absolute Gasteiger partial charge is 0.208 e. The summed E-state index contributed by atoms with van der Waals surface area (Å²) in [6.45, 7) is 10.4. The van der Waals surface area contributed by atoms with E-state index in [-0.39, 0.29) is 0 Å². The Balaban J connectivity index is 4.17. The maximum Gasteiger partial charge on any atom is 0.208 e. The Morgan fingerprint density at radius 1 is 1.29 bits per heavy atom. The van der Waals surface area contributed by atoms with Crippen molar-refractivity contribution in [1.82, 2.24) is 10.3 Å². The Morgan fingerprint density at radius 2 is 1.86 bits per heavy atom. The average Bonchev–Trinajstić information content (AvgIpc) is 2.03. The summed E-state index contributed by atoms with van der Waals surface area (Å²) in [7, 11) is 2.00. The molecule has 0 aromatic heterocycles. The molecule has 0 amide bonds. The van der Waals surface area contributed by atoms with Crippen LogP contribution in [-0.4, -0.2) is 31.0 Å². The highest BCUT2D eigenvalue weighted by Gasteiger charge is 2.06. The van der Waals surface area contributed by atoms with E-state index in [0.29, 0.717) is 11.8 Å². The van der Waals surface area contributed by atoms with Gasteiger partial charge in [0, 0.05) is 20.1 Å². The average molecular weight is 200 g/mol. The molecule has 0 rings (SSSR count). The summed E-state index contributed by atoms with van der Waals surface area (Å²) in [6, 6.07) is 0. The maximum atomic E-state index is 5.41. The molecule has 4 heteroatoms. The quantitative estimate of drug-likeness (QED) is 0.309. The van der Waals surface area contributed by atoms with Gasteiger partial charge in [-0.3, -0.25) is 10.4 Å². The summed E-state index contributed by atoms with van der Waals surface area (Å²) in [5, 5.41) is 0. The van der Waals surface area contributed by atoms with Crippen molar-refractivity contribution in [2.75, 3.05) is 20.1 Å². The Morgan fingerprint density at radius 3 is 2.21 bits per heavy atom. The lowest BCUT2D eigenvalue weighted by molar-refractivity contribution is 0.410. The lowest BCUT2D eigenvalue weighted by Crippen LogP contribution is -2.44. The largest absolute Gasteiger partial charge is 0.345 e. The van der Waals surface area contributed by atoms with Gasteiger partial charge in [-0.05, 0) is 11.8 Å². The molecule has 0 aliphatic rings. The number of hydrogen-bond acceptors (Lipinski definition) is 2. The predicted molar refractivity (Wildman–Crippen MR) is 61.9 cm³/mol. The van der Waals surface area contributed by atoms with E-state index in [4.69, 9.17) is 5.84 Å². The van der Waals surface area contributed by atoms with E-state index in [9.17, 15) is 0 Å². The Hall–Kier alpha value is -0.770. The number of hydrogen-bond donors (Lipinski definition) is 2. The monoisotopic (exact) mass is 200 g/mol. The lowest BCUT2D eigenvalue weighted by atomic mass is 10.2. The first-order chi connectivity index (χ1) is 6.47. The van der Waals surface area contributed by atoms with E-state index in [1.54, 1.807) is 0 Å². The number of rotatable bonds is 4. The molecule has 0 saturated carbocycles. The molecule has 0 saturated heterocycles. The lowest BCUT2D eigenvalue weighted by Gasteiger charge is -2.22. The van der Waals surface area contributed by atoms with Crippen LogP contribution < -0.4 is 11.3 Å².